The monoisotopic (exact) mass is 276 g/mol. The Kier molecular flexibility index (Phi) is 6.07. The van der Waals surface area contributed by atoms with Crippen molar-refractivity contribution in [2.75, 3.05) is 25.6 Å². The minimum Gasteiger partial charge on any atom is -0.491 e. The number of ether oxygens (including phenoxy) is 2. The van der Waals surface area contributed by atoms with Gasteiger partial charge in [0.2, 0.25) is 0 Å². The molecule has 1 aromatic carbocycles. The van der Waals surface area contributed by atoms with Crippen molar-refractivity contribution >= 4 is 28.6 Å². The molecule has 0 unspecified atom stereocenters. The molecule has 0 saturated heterocycles. The number of hydrogen-bond donors (Lipinski definition) is 1. The van der Waals surface area contributed by atoms with E-state index >= 15 is 0 Å². The highest BCUT2D eigenvalue weighted by Gasteiger charge is 1.94. The zero-order valence-corrected chi connectivity index (χ0v) is 10.3. The third-order valence-electron chi connectivity index (χ3n) is 1.53. The fraction of sp³-hybridized carbons (Fsp3) is 0.400. The van der Waals surface area contributed by atoms with Gasteiger partial charge in [-0.05, 0) is 18.2 Å². The van der Waals surface area contributed by atoms with Crippen LogP contribution in [0.1, 0.15) is 0 Å². The van der Waals surface area contributed by atoms with E-state index in [1.54, 1.807) is 0 Å². The lowest BCUT2D eigenvalue weighted by Gasteiger charge is -2.06. The summed E-state index contributed by atoms with van der Waals surface area (Å²) in [7, 11) is 0. The predicted molar refractivity (Wildman–Crippen MR) is 64.3 cm³/mol. The van der Waals surface area contributed by atoms with Crippen LogP contribution in [0.15, 0.2) is 28.7 Å². The van der Waals surface area contributed by atoms with Gasteiger partial charge in [-0.25, -0.2) is 0 Å². The van der Waals surface area contributed by atoms with Gasteiger partial charge in [-0.1, -0.05) is 22.0 Å². The van der Waals surface area contributed by atoms with Crippen molar-refractivity contribution in [2.24, 2.45) is 0 Å². The summed E-state index contributed by atoms with van der Waals surface area (Å²) >= 11 is 7.41. The molecule has 0 aliphatic carbocycles. The molecule has 14 heavy (non-hydrogen) atoms. The summed E-state index contributed by atoms with van der Waals surface area (Å²) in [6.45, 7) is 1.85. The van der Waals surface area contributed by atoms with Gasteiger partial charge >= 0.3 is 0 Å². The van der Waals surface area contributed by atoms with Crippen LogP contribution in [-0.2, 0) is 4.74 Å². The van der Waals surface area contributed by atoms with Crippen molar-refractivity contribution in [3.05, 3.63) is 28.7 Å². The molecule has 0 bridgehead atoms. The van der Waals surface area contributed by atoms with E-state index in [0.717, 1.165) is 16.0 Å². The van der Waals surface area contributed by atoms with Gasteiger partial charge in [0, 0.05) is 10.2 Å². The normalized spacial score (nSPS) is 10.1. The van der Waals surface area contributed by atoms with Gasteiger partial charge in [0.05, 0.1) is 13.2 Å². The summed E-state index contributed by atoms with van der Waals surface area (Å²) in [5, 5.41) is 0. The molecule has 0 heterocycles. The molecule has 0 amide bonds. The molecule has 0 saturated carbocycles. The van der Waals surface area contributed by atoms with Gasteiger partial charge < -0.3 is 9.47 Å². The van der Waals surface area contributed by atoms with Crippen LogP contribution in [0.5, 0.6) is 5.75 Å². The largest absolute Gasteiger partial charge is 0.491 e. The maximum atomic E-state index is 5.45. The van der Waals surface area contributed by atoms with Crippen LogP contribution >= 0.6 is 28.6 Å². The molecule has 0 N–H and O–H groups in total. The maximum Gasteiger partial charge on any atom is 0.120 e. The van der Waals surface area contributed by atoms with E-state index in [0.29, 0.717) is 19.8 Å². The van der Waals surface area contributed by atoms with Crippen LogP contribution in [-0.4, -0.2) is 25.6 Å². The Hall–Kier alpha value is -0.190. The van der Waals surface area contributed by atoms with Gasteiger partial charge in [0.1, 0.15) is 12.4 Å². The van der Waals surface area contributed by atoms with Gasteiger partial charge in [0.15, 0.2) is 0 Å². The third kappa shape index (κ3) is 4.88. The fourth-order valence-electron chi connectivity index (χ4n) is 0.942. The zero-order valence-electron chi connectivity index (χ0n) is 7.78. The Morgan fingerprint density at radius 2 is 2.07 bits per heavy atom. The second kappa shape index (κ2) is 7.15. The molecule has 1 rings (SSSR count). The number of rotatable bonds is 6. The topological polar surface area (TPSA) is 18.5 Å². The Morgan fingerprint density at radius 1 is 1.21 bits per heavy atom. The maximum absolute atomic E-state index is 5.45. The van der Waals surface area contributed by atoms with Gasteiger partial charge in [-0.3, -0.25) is 0 Å². The van der Waals surface area contributed by atoms with Crippen LogP contribution in [0.2, 0.25) is 0 Å². The molecule has 0 fully saturated rings. The molecule has 0 aromatic heterocycles. The summed E-state index contributed by atoms with van der Waals surface area (Å²) in [6.07, 6.45) is 0. The lowest BCUT2D eigenvalue weighted by atomic mass is 10.3. The Balaban J connectivity index is 2.18. The van der Waals surface area contributed by atoms with E-state index in [1.165, 1.54) is 0 Å². The third-order valence-corrected chi connectivity index (χ3v) is 2.20. The van der Waals surface area contributed by atoms with E-state index in [1.807, 2.05) is 24.3 Å². The van der Waals surface area contributed by atoms with E-state index in [-0.39, 0.29) is 0 Å². The summed E-state index contributed by atoms with van der Waals surface area (Å²) < 4.78 is 11.7. The lowest BCUT2D eigenvalue weighted by molar-refractivity contribution is 0.112. The van der Waals surface area contributed by atoms with Crippen LogP contribution in [0.4, 0.5) is 0 Å². The minimum absolute atomic E-state index is 0.574. The SMILES string of the molecule is SCCOCCOc1cccc(Br)c1. The number of thiol groups is 1. The molecule has 1 aromatic rings. The van der Waals surface area contributed by atoms with E-state index < -0.39 is 0 Å². The molecule has 0 aliphatic heterocycles. The number of benzene rings is 1. The molecule has 0 atom stereocenters. The zero-order chi connectivity index (χ0) is 10.2. The first-order valence-electron chi connectivity index (χ1n) is 4.40. The van der Waals surface area contributed by atoms with Crippen LogP contribution in [0.3, 0.4) is 0 Å². The van der Waals surface area contributed by atoms with E-state index in [2.05, 4.69) is 28.6 Å². The molecule has 78 valence electrons. The minimum atomic E-state index is 0.574. The molecule has 0 spiro atoms. The Labute approximate surface area is 98.1 Å². The number of hydrogen-bond acceptors (Lipinski definition) is 3. The van der Waals surface area contributed by atoms with Crippen molar-refractivity contribution < 1.29 is 9.47 Å². The van der Waals surface area contributed by atoms with E-state index in [9.17, 15) is 0 Å². The van der Waals surface area contributed by atoms with Crippen molar-refractivity contribution in [1.82, 2.24) is 0 Å². The summed E-state index contributed by atoms with van der Waals surface area (Å²) in [6, 6.07) is 7.75. The first-order valence-corrected chi connectivity index (χ1v) is 5.82. The first-order chi connectivity index (χ1) is 6.83. The smallest absolute Gasteiger partial charge is 0.120 e. The van der Waals surface area contributed by atoms with Crippen LogP contribution in [0.25, 0.3) is 0 Å². The molecular formula is C10H13BrO2S. The fourth-order valence-corrected chi connectivity index (χ4v) is 1.45. The summed E-state index contributed by atoms with van der Waals surface area (Å²) in [4.78, 5) is 0. The highest BCUT2D eigenvalue weighted by atomic mass is 79.9. The summed E-state index contributed by atoms with van der Waals surface area (Å²) in [5.74, 6) is 1.60. The quantitative estimate of drug-likeness (QED) is 0.636. The van der Waals surface area contributed by atoms with Crippen molar-refractivity contribution in [2.45, 2.75) is 0 Å². The standard InChI is InChI=1S/C10H13BrO2S/c11-9-2-1-3-10(8-9)13-5-4-12-6-7-14/h1-3,8,14H,4-7H2. The van der Waals surface area contributed by atoms with E-state index in [4.69, 9.17) is 9.47 Å². The average molecular weight is 277 g/mol. The second-order valence-electron chi connectivity index (χ2n) is 2.64. The van der Waals surface area contributed by atoms with Gasteiger partial charge in [0.25, 0.3) is 0 Å². The molecular weight excluding hydrogens is 264 g/mol. The highest BCUT2D eigenvalue weighted by Crippen LogP contribution is 2.17. The van der Waals surface area contributed by atoms with Crippen LogP contribution in [0, 0.1) is 0 Å². The lowest BCUT2D eigenvalue weighted by Crippen LogP contribution is -2.07. The molecule has 4 heteroatoms. The molecule has 0 aliphatic rings. The summed E-state index contributed by atoms with van der Waals surface area (Å²) in [5.41, 5.74) is 0. The highest BCUT2D eigenvalue weighted by molar-refractivity contribution is 9.10. The van der Waals surface area contributed by atoms with Crippen LogP contribution < -0.4 is 4.74 Å². The number of halogens is 1. The average Bonchev–Trinajstić information content (AvgIpc) is 2.18. The predicted octanol–water partition coefficient (Wildman–Crippen LogP) is 2.77. The Bertz CT molecular complexity index is 268. The van der Waals surface area contributed by atoms with Crippen molar-refractivity contribution in [3.63, 3.8) is 0 Å². The molecule has 0 radical (unpaired) electrons. The second-order valence-corrected chi connectivity index (χ2v) is 4.00. The Morgan fingerprint density at radius 3 is 2.79 bits per heavy atom. The van der Waals surface area contributed by atoms with Gasteiger partial charge in [-0.2, -0.15) is 12.6 Å². The first kappa shape index (κ1) is 11.9. The van der Waals surface area contributed by atoms with Gasteiger partial charge in [-0.15, -0.1) is 0 Å². The van der Waals surface area contributed by atoms with Crippen molar-refractivity contribution in [1.29, 1.82) is 0 Å². The molecule has 2 nitrogen and oxygen atoms in total. The van der Waals surface area contributed by atoms with Crippen molar-refractivity contribution in [3.8, 4) is 5.75 Å².